The van der Waals surface area contributed by atoms with E-state index in [4.69, 9.17) is 28.4 Å². The Bertz CT molecular complexity index is 3350. The number of hydrogen-bond acceptors (Lipinski definition) is 12. The van der Waals surface area contributed by atoms with Gasteiger partial charge in [-0.15, -0.1) is 0 Å². The van der Waals surface area contributed by atoms with Crippen molar-refractivity contribution in [2.24, 2.45) is 0 Å². The highest BCUT2D eigenvalue weighted by molar-refractivity contribution is 6.00. The Kier molecular flexibility index (Phi) is 18.6. The number of ether oxygens (including phenoxy) is 6. The molecule has 4 N–H and O–H groups in total. The first kappa shape index (κ1) is 62.8. The molecule has 2 amide bonds. The fourth-order valence-corrected chi connectivity index (χ4v) is 10.7. The van der Waals surface area contributed by atoms with Crippen LogP contribution in [0.3, 0.4) is 0 Å². The lowest BCUT2D eigenvalue weighted by Crippen LogP contribution is -2.30. The molecule has 0 spiro atoms. The molecule has 8 aliphatic rings. The minimum absolute atomic E-state index is 0.0561. The van der Waals surface area contributed by atoms with Gasteiger partial charge in [-0.25, -0.2) is 0 Å². The molecule has 0 saturated carbocycles. The van der Waals surface area contributed by atoms with Crippen molar-refractivity contribution in [1.82, 2.24) is 10.6 Å². The van der Waals surface area contributed by atoms with Crippen LogP contribution >= 0.6 is 0 Å². The summed E-state index contributed by atoms with van der Waals surface area (Å²) in [5, 5.41) is 43.0. The largest absolute Gasteiger partial charge is 0.507 e. The average molecular weight is 1180 g/mol. The van der Waals surface area contributed by atoms with Crippen LogP contribution in [0.5, 0.6) is 46.0 Å². The molecule has 7 aromatic carbocycles. The van der Waals surface area contributed by atoms with Crippen molar-refractivity contribution in [1.29, 1.82) is 0 Å². The molecule has 15 heteroatoms. The molecule has 7 heterocycles. The second kappa shape index (κ2) is 25.7. The summed E-state index contributed by atoms with van der Waals surface area (Å²) in [5.41, 5.74) is 9.25. The maximum atomic E-state index is 13.3. The van der Waals surface area contributed by atoms with Crippen LogP contribution in [0.15, 0.2) is 115 Å². The quantitative estimate of drug-likeness (QED) is 0.0898. The predicted octanol–water partition coefficient (Wildman–Crippen LogP) is 13.7. The smallest absolute Gasteiger partial charge is 0.271 e. The van der Waals surface area contributed by atoms with E-state index < -0.39 is 22.4 Å². The zero-order valence-corrected chi connectivity index (χ0v) is 52.4. The fourth-order valence-electron chi connectivity index (χ4n) is 10.7. The number of nitro benzene ring substituents is 1. The molecule has 16 bridgehead atoms. The normalized spacial score (nSPS) is 15.1. The number of aromatic hydroxyl groups is 2. The molecule has 1 aliphatic carbocycles. The molecule has 458 valence electrons. The summed E-state index contributed by atoms with van der Waals surface area (Å²) in [7, 11) is 0. The minimum atomic E-state index is -0.653. The van der Waals surface area contributed by atoms with E-state index in [9.17, 15) is 29.9 Å². The third-order valence-corrected chi connectivity index (χ3v) is 15.8. The van der Waals surface area contributed by atoms with Crippen LogP contribution in [0.4, 0.5) is 5.69 Å². The molecule has 7 aliphatic heterocycles. The van der Waals surface area contributed by atoms with E-state index >= 15 is 0 Å². The van der Waals surface area contributed by atoms with Crippen molar-refractivity contribution in [3.63, 3.8) is 0 Å². The van der Waals surface area contributed by atoms with Gasteiger partial charge in [-0.3, -0.25) is 19.7 Å². The number of non-ortho nitro benzene ring substituents is 1. The topological polar surface area (TPSA) is 197 Å². The maximum Gasteiger partial charge on any atom is 0.271 e. The highest BCUT2D eigenvalue weighted by Gasteiger charge is 2.29. The number of amides is 2. The minimum Gasteiger partial charge on any atom is -0.507 e. The van der Waals surface area contributed by atoms with E-state index in [1.54, 1.807) is 48.5 Å². The van der Waals surface area contributed by atoms with Gasteiger partial charge in [0.15, 0.2) is 0 Å². The summed E-state index contributed by atoms with van der Waals surface area (Å²) >= 11 is 0. The molecule has 0 fully saturated rings. The lowest BCUT2D eigenvalue weighted by atomic mass is 9.79. The van der Waals surface area contributed by atoms with Gasteiger partial charge in [-0.05, 0) is 143 Å². The summed E-state index contributed by atoms with van der Waals surface area (Å²) in [6.45, 7) is 27.3. The Morgan fingerprint density at radius 1 is 0.379 bits per heavy atom. The van der Waals surface area contributed by atoms with Gasteiger partial charge in [0, 0.05) is 48.9 Å². The Balaban J connectivity index is 1.14. The summed E-state index contributed by atoms with van der Waals surface area (Å²) in [5.74, 6) is 2.68. The Morgan fingerprint density at radius 3 is 0.897 bits per heavy atom. The van der Waals surface area contributed by atoms with Gasteiger partial charge in [0.05, 0.1) is 18.0 Å². The van der Waals surface area contributed by atoms with Crippen molar-refractivity contribution >= 4 is 17.5 Å². The summed E-state index contributed by atoms with van der Waals surface area (Å²) in [6.07, 6.45) is 1.37. The van der Waals surface area contributed by atoms with Crippen LogP contribution in [0.25, 0.3) is 0 Å². The molecule has 15 nitrogen and oxygen atoms in total. The van der Waals surface area contributed by atoms with E-state index in [2.05, 4.69) is 142 Å². The van der Waals surface area contributed by atoms with Crippen LogP contribution in [-0.2, 0) is 47.3 Å². The Hall–Kier alpha value is -8.72. The molecule has 0 unspecified atom stereocenters. The molecule has 0 saturated heterocycles. The molecule has 0 atom stereocenters. The van der Waals surface area contributed by atoms with Crippen molar-refractivity contribution < 1.29 is 53.1 Å². The number of benzene rings is 7. The number of nitrogens with one attached hydrogen (secondary N) is 2. The van der Waals surface area contributed by atoms with Gasteiger partial charge in [0.1, 0.15) is 85.6 Å². The number of hydrogen-bond donors (Lipinski definition) is 4. The lowest BCUT2D eigenvalue weighted by molar-refractivity contribution is -0.384. The van der Waals surface area contributed by atoms with Gasteiger partial charge < -0.3 is 49.3 Å². The van der Waals surface area contributed by atoms with Gasteiger partial charge >= 0.3 is 0 Å². The van der Waals surface area contributed by atoms with Gasteiger partial charge in [-0.2, -0.15) is 0 Å². The van der Waals surface area contributed by atoms with Crippen LogP contribution in [0.2, 0.25) is 0 Å². The third-order valence-electron chi connectivity index (χ3n) is 15.8. The van der Waals surface area contributed by atoms with E-state index in [0.717, 1.165) is 78.9 Å². The SMILES string of the molecule is CC(C)(C)c1cc2c(O)c(c1)Cc1cc(C(C)(C)C)cc3c1OCCOc1ccc(cc1)OCCNC(=O)c1cc(cc([N+](=O)[O-])c1)C(=O)NCCOc1ccc(cc1)OCCOc1c(cc(C(C)(C)C)cc1Cc1cc(C(C)(C)C)cc(c1O)C3)C2. The number of phenolic OH excluding ortho intramolecular Hbond substituents is 2. The average Bonchev–Trinajstić information content (AvgIpc) is 2.97. The summed E-state index contributed by atoms with van der Waals surface area (Å²) < 4.78 is 38.3. The maximum absolute atomic E-state index is 13.3. The number of nitro groups is 1. The second-order valence-corrected chi connectivity index (χ2v) is 26.8. The van der Waals surface area contributed by atoms with Gasteiger partial charge in [0.2, 0.25) is 0 Å². The highest BCUT2D eigenvalue weighted by atomic mass is 16.6. The van der Waals surface area contributed by atoms with Crippen molar-refractivity contribution in [2.75, 3.05) is 52.7 Å². The number of phenols is 2. The van der Waals surface area contributed by atoms with E-state index in [1.807, 2.05) is 0 Å². The number of carbonyl (C=O) groups is 2. The monoisotopic (exact) mass is 1180 g/mol. The highest BCUT2D eigenvalue weighted by Crippen LogP contribution is 2.44. The number of nitrogens with zero attached hydrogens (tertiary/aromatic N) is 1. The van der Waals surface area contributed by atoms with Crippen molar-refractivity contribution in [3.05, 3.63) is 203 Å². The molecule has 0 radical (unpaired) electrons. The Labute approximate surface area is 511 Å². The van der Waals surface area contributed by atoms with Crippen molar-refractivity contribution in [3.8, 4) is 46.0 Å². The molecular weight excluding hydrogens is 1100 g/mol. The van der Waals surface area contributed by atoms with Crippen LogP contribution in [0.1, 0.15) is 171 Å². The van der Waals surface area contributed by atoms with Crippen LogP contribution in [0, 0.1) is 10.1 Å². The first-order chi connectivity index (χ1) is 41.1. The van der Waals surface area contributed by atoms with E-state index in [-0.39, 0.29) is 97.0 Å². The van der Waals surface area contributed by atoms with Crippen molar-refractivity contribution in [2.45, 2.75) is 130 Å². The standard InChI is InChI=1S/C72H83N3O12/c1-69(2,3)54-34-44-29-48-38-56(71(7,8)9)40-50-31-46-36-55(70(4,5)6)37-47(64(46)77)32-51-41-57(72(10,11)12)39-49(30-45(35-54)63(44)76)66(51)87-28-26-85-62-19-15-60(16-20-62)83-24-22-74-68(79)53-33-52(42-58(43-53)75(80)81)67(78)73-21-23-82-59-13-17-61(18-14-59)84-25-27-86-65(48)50/h13-20,33-43,76-77H,21-32H2,1-12H3,(H,73,78)(H,74,79). The summed E-state index contributed by atoms with van der Waals surface area (Å²) in [4.78, 5) is 37.8. The molecule has 7 aromatic rings. The first-order valence-corrected chi connectivity index (χ1v) is 29.9. The Morgan fingerprint density at radius 2 is 0.632 bits per heavy atom. The van der Waals surface area contributed by atoms with Crippen LogP contribution < -0.4 is 39.1 Å². The van der Waals surface area contributed by atoms with Gasteiger partial charge in [0.25, 0.3) is 17.5 Å². The molecule has 87 heavy (non-hydrogen) atoms. The molecule has 15 rings (SSSR count). The van der Waals surface area contributed by atoms with Crippen LogP contribution in [-0.4, -0.2) is 79.7 Å². The fraction of sp³-hybridized carbons (Fsp3) is 0.389. The molecular formula is C72H83N3O12. The number of rotatable bonds is 1. The predicted molar refractivity (Wildman–Crippen MR) is 339 cm³/mol. The van der Waals surface area contributed by atoms with Gasteiger partial charge in [-0.1, -0.05) is 132 Å². The van der Waals surface area contributed by atoms with E-state index in [0.29, 0.717) is 60.2 Å². The zero-order chi connectivity index (χ0) is 62.6. The lowest BCUT2D eigenvalue weighted by Gasteiger charge is -2.28. The van der Waals surface area contributed by atoms with E-state index in [1.165, 1.54) is 6.07 Å². The first-order valence-electron chi connectivity index (χ1n) is 29.9. The molecule has 0 aromatic heterocycles. The second-order valence-electron chi connectivity index (χ2n) is 26.8. The third kappa shape index (κ3) is 15.7. The summed E-state index contributed by atoms with van der Waals surface area (Å²) in [6, 6.07) is 35.0. The zero-order valence-electron chi connectivity index (χ0n) is 52.4. The number of carbonyl (C=O) groups excluding carboxylic acids is 2.